The van der Waals surface area contributed by atoms with Gasteiger partial charge in [0.05, 0.1) is 5.41 Å². The van der Waals surface area contributed by atoms with Crippen LogP contribution in [0.2, 0.25) is 0 Å². The lowest BCUT2D eigenvalue weighted by molar-refractivity contribution is 0.822. The predicted octanol–water partition coefficient (Wildman–Crippen LogP) is 10.6. The van der Waals surface area contributed by atoms with Gasteiger partial charge in [-0.2, -0.15) is 0 Å². The van der Waals surface area contributed by atoms with Crippen LogP contribution >= 0.6 is 50.1 Å². The van der Waals surface area contributed by atoms with Crippen LogP contribution in [0, 0.1) is 0 Å². The molecule has 0 aliphatic rings. The Hall–Kier alpha value is -3.28. The molecule has 0 amide bonds. The van der Waals surface area contributed by atoms with Gasteiger partial charge in [0.1, 0.15) is 0 Å². The molecule has 5 rings (SSSR count). The van der Waals surface area contributed by atoms with E-state index in [0.717, 1.165) is 58.5 Å². The van der Waals surface area contributed by atoms with Gasteiger partial charge in [-0.25, -0.2) is 0 Å². The van der Waals surface area contributed by atoms with Gasteiger partial charge in [0.15, 0.2) is 0 Å². The van der Waals surface area contributed by atoms with Crippen molar-refractivity contribution in [1.82, 2.24) is 0 Å². The fourth-order valence-corrected chi connectivity index (χ4v) is 6.33. The quantitative estimate of drug-likeness (QED) is 0.0522. The van der Waals surface area contributed by atoms with Crippen molar-refractivity contribution in [1.29, 1.82) is 0 Å². The smallest absolute Gasteiger partial charge is 0.0814 e. The second-order valence-electron chi connectivity index (χ2n) is 9.77. The summed E-state index contributed by atoms with van der Waals surface area (Å²) in [6.07, 6.45) is 6.29. The Morgan fingerprint density at radius 3 is 1.68 bits per heavy atom. The average Bonchev–Trinajstić information content (AvgIpc) is 3.00. The summed E-state index contributed by atoms with van der Waals surface area (Å²) in [5.74, 6) is 0. The molecule has 0 saturated heterocycles. The highest BCUT2D eigenvalue weighted by atomic mass is 32.1. The van der Waals surface area contributed by atoms with Gasteiger partial charge >= 0.3 is 0 Å². The molecule has 41 heavy (non-hydrogen) atoms. The third-order valence-electron chi connectivity index (χ3n) is 7.22. The second-order valence-corrected chi connectivity index (χ2v) is 11.7. The van der Waals surface area contributed by atoms with Crippen LogP contribution in [0.15, 0.2) is 160 Å². The average molecular weight is 603 g/mol. The van der Waals surface area contributed by atoms with Gasteiger partial charge < -0.3 is 0 Å². The highest BCUT2D eigenvalue weighted by Crippen LogP contribution is 2.45. The summed E-state index contributed by atoms with van der Waals surface area (Å²) >= 11 is 20.6. The third-order valence-corrected chi connectivity index (χ3v) is 8.63. The molecule has 0 fully saturated rings. The molecule has 4 heteroatoms. The first-order chi connectivity index (χ1) is 19.9. The van der Waals surface area contributed by atoms with Crippen LogP contribution in [0.4, 0.5) is 0 Å². The van der Waals surface area contributed by atoms with E-state index in [0.29, 0.717) is 0 Å². The monoisotopic (exact) mass is 602 g/mol. The van der Waals surface area contributed by atoms with Crippen molar-refractivity contribution in [3.8, 4) is 11.1 Å². The minimum absolute atomic E-state index is 0.774. The summed E-state index contributed by atoms with van der Waals surface area (Å²) in [7, 11) is 0. The second kappa shape index (κ2) is 13.1. The Labute approximate surface area is 265 Å². The molecule has 0 aliphatic carbocycles. The summed E-state index contributed by atoms with van der Waals surface area (Å²) in [5.41, 5.74) is 6.70. The first kappa shape index (κ1) is 29.2. The lowest BCUT2D eigenvalue weighted by Gasteiger charge is -2.37. The van der Waals surface area contributed by atoms with Crippen molar-refractivity contribution in [3.05, 3.63) is 168 Å². The van der Waals surface area contributed by atoms with Crippen molar-refractivity contribution in [2.75, 3.05) is 0 Å². The molecule has 0 bridgehead atoms. The largest absolute Gasteiger partial charge is 0.143 e. The lowest BCUT2D eigenvalue weighted by atomic mass is 9.66. The van der Waals surface area contributed by atoms with E-state index in [1.165, 1.54) is 0 Å². The molecule has 0 saturated carbocycles. The maximum Gasteiger partial charge on any atom is 0.0814 e. The van der Waals surface area contributed by atoms with Crippen molar-refractivity contribution in [3.63, 3.8) is 0 Å². The maximum atomic E-state index is 6.52. The van der Waals surface area contributed by atoms with Crippen molar-refractivity contribution in [2.45, 2.75) is 27.0 Å². The van der Waals surface area contributed by atoms with Gasteiger partial charge in [-0.05, 0) is 88.4 Å². The number of hydrogen-bond acceptors (Lipinski definition) is 4. The van der Waals surface area contributed by atoms with E-state index < -0.39 is 5.41 Å². The van der Waals surface area contributed by atoms with Gasteiger partial charge in [0.2, 0.25) is 0 Å². The van der Waals surface area contributed by atoms with Crippen LogP contribution in [-0.2, 0) is 5.41 Å². The van der Waals surface area contributed by atoms with Crippen molar-refractivity contribution >= 4 is 60.5 Å². The summed E-state index contributed by atoms with van der Waals surface area (Å²) in [6, 6.07) is 43.9. The Morgan fingerprint density at radius 1 is 0.634 bits per heavy atom. The van der Waals surface area contributed by atoms with E-state index in [1.54, 1.807) is 0 Å². The normalized spacial score (nSPS) is 12.0. The van der Waals surface area contributed by atoms with Crippen LogP contribution in [0.1, 0.15) is 29.2 Å². The SMILES string of the molecule is C/C=C\C(=C/C(=S)C(c1ccccc1)(c1ccccc1)c1cc(-c2ccc(S)cc2)ccc1S)c1ccc(S)cc1. The summed E-state index contributed by atoms with van der Waals surface area (Å²) < 4.78 is 0. The van der Waals surface area contributed by atoms with Crippen molar-refractivity contribution < 1.29 is 0 Å². The third kappa shape index (κ3) is 6.17. The number of allylic oxidation sites excluding steroid dienone is 4. The fraction of sp³-hybridized carbons (Fsp3) is 0.0541. The number of thiol groups is 3. The maximum absolute atomic E-state index is 6.52. The molecular weight excluding hydrogens is 573 g/mol. The number of hydrogen-bond donors (Lipinski definition) is 3. The molecule has 0 atom stereocenters. The van der Waals surface area contributed by atoms with Gasteiger partial charge in [-0.15, -0.1) is 37.9 Å². The number of rotatable bonds is 8. The summed E-state index contributed by atoms with van der Waals surface area (Å²) in [6.45, 7) is 2.02. The van der Waals surface area contributed by atoms with Crippen LogP contribution in [0.3, 0.4) is 0 Å². The van der Waals surface area contributed by atoms with E-state index in [9.17, 15) is 0 Å². The standard InChI is InChI=1S/C37H30S4/c1-2-9-28(26-14-19-32(38)20-15-26)25-36(41)37(30-10-5-3-6-11-30,31-12-7-4-8-13-31)34-24-29(18-23-35(34)40)27-16-21-33(39)22-17-27/h2-25,38-40H,1H3/b9-2-,28-25+. The molecule has 0 aromatic heterocycles. The molecule has 0 heterocycles. The van der Waals surface area contributed by atoms with Crippen LogP contribution in [-0.4, -0.2) is 4.86 Å². The Kier molecular flexibility index (Phi) is 9.36. The Bertz CT molecular complexity index is 1660. The molecule has 0 spiro atoms. The first-order valence-electron chi connectivity index (χ1n) is 13.4. The number of benzene rings is 5. The van der Waals surface area contributed by atoms with Crippen molar-refractivity contribution in [2.24, 2.45) is 0 Å². The molecule has 0 N–H and O–H groups in total. The zero-order valence-corrected chi connectivity index (χ0v) is 26.1. The van der Waals surface area contributed by atoms with Gasteiger partial charge in [0, 0.05) is 19.6 Å². The molecule has 202 valence electrons. The van der Waals surface area contributed by atoms with E-state index in [4.69, 9.17) is 24.8 Å². The van der Waals surface area contributed by atoms with Gasteiger partial charge in [-0.1, -0.05) is 115 Å². The topological polar surface area (TPSA) is 0 Å². The fourth-order valence-electron chi connectivity index (χ4n) is 5.25. The van der Waals surface area contributed by atoms with Gasteiger partial charge in [0.25, 0.3) is 0 Å². The summed E-state index contributed by atoms with van der Waals surface area (Å²) in [4.78, 5) is 3.49. The summed E-state index contributed by atoms with van der Waals surface area (Å²) in [5, 5.41) is 0. The molecule has 0 radical (unpaired) electrons. The highest BCUT2D eigenvalue weighted by molar-refractivity contribution is 7.81. The van der Waals surface area contributed by atoms with E-state index in [-0.39, 0.29) is 0 Å². The van der Waals surface area contributed by atoms with Crippen LogP contribution in [0.5, 0.6) is 0 Å². The molecule has 0 nitrogen and oxygen atoms in total. The molecular formula is C37H30S4. The highest BCUT2D eigenvalue weighted by Gasteiger charge is 2.41. The Balaban J connectivity index is 1.83. The minimum atomic E-state index is -0.787. The first-order valence-corrected chi connectivity index (χ1v) is 15.1. The lowest BCUT2D eigenvalue weighted by Crippen LogP contribution is -2.37. The zero-order valence-electron chi connectivity index (χ0n) is 22.6. The molecule has 5 aromatic carbocycles. The van der Waals surface area contributed by atoms with E-state index in [1.807, 2.05) is 49.4 Å². The van der Waals surface area contributed by atoms with E-state index in [2.05, 4.69) is 128 Å². The number of thiocarbonyl (C=S) groups is 1. The Morgan fingerprint density at radius 2 is 1.15 bits per heavy atom. The molecule has 5 aromatic rings. The van der Waals surface area contributed by atoms with E-state index >= 15 is 0 Å². The van der Waals surface area contributed by atoms with Gasteiger partial charge in [-0.3, -0.25) is 0 Å². The van der Waals surface area contributed by atoms with Crippen LogP contribution in [0.25, 0.3) is 16.7 Å². The minimum Gasteiger partial charge on any atom is -0.143 e. The predicted molar refractivity (Wildman–Crippen MR) is 188 cm³/mol. The molecule has 0 aliphatic heterocycles. The van der Waals surface area contributed by atoms with Crippen LogP contribution < -0.4 is 0 Å². The zero-order chi connectivity index (χ0) is 28.8. The molecule has 0 unspecified atom stereocenters.